The number of hydrogen-bond acceptors (Lipinski definition) is 4. The number of carbonyl (C=O) groups excluding carboxylic acids is 1. The molecule has 0 unspecified atom stereocenters. The summed E-state index contributed by atoms with van der Waals surface area (Å²) in [5.74, 6) is -0.976. The van der Waals surface area contributed by atoms with Crippen molar-refractivity contribution < 1.29 is 19.4 Å². The van der Waals surface area contributed by atoms with Gasteiger partial charge < -0.3 is 9.84 Å². The molecule has 130 valence electrons. The van der Waals surface area contributed by atoms with Crippen molar-refractivity contribution in [1.82, 2.24) is 0 Å². The molecule has 0 aliphatic rings. The van der Waals surface area contributed by atoms with E-state index < -0.39 is 12.1 Å². The van der Waals surface area contributed by atoms with Gasteiger partial charge in [-0.1, -0.05) is 48.2 Å². The van der Waals surface area contributed by atoms with E-state index in [-0.39, 0.29) is 12.2 Å². The van der Waals surface area contributed by atoms with Gasteiger partial charge in [0.2, 0.25) is 0 Å². The number of aliphatic carboxylic acids is 1. The topological polar surface area (TPSA) is 75.6 Å². The summed E-state index contributed by atoms with van der Waals surface area (Å²) in [6.45, 7) is 1.61. The zero-order valence-electron chi connectivity index (χ0n) is 13.8. The number of carboxylic acids is 1. The van der Waals surface area contributed by atoms with E-state index >= 15 is 0 Å². The lowest BCUT2D eigenvalue weighted by Crippen LogP contribution is -2.14. The molecule has 0 atom stereocenters. The molecular formula is C19H19NO4S. The fourth-order valence-corrected chi connectivity index (χ4v) is 2.86. The molecule has 5 nitrogen and oxygen atoms in total. The molecule has 25 heavy (non-hydrogen) atoms. The van der Waals surface area contributed by atoms with Crippen LogP contribution in [0.25, 0.3) is 0 Å². The number of anilines is 1. The van der Waals surface area contributed by atoms with Gasteiger partial charge in [0, 0.05) is 21.8 Å². The highest BCUT2D eigenvalue weighted by molar-refractivity contribution is 7.99. The maximum absolute atomic E-state index is 11.9. The maximum atomic E-state index is 11.9. The van der Waals surface area contributed by atoms with Crippen LogP contribution in [0.3, 0.4) is 0 Å². The number of para-hydroxylation sites is 1. The molecule has 0 spiro atoms. The summed E-state index contributed by atoms with van der Waals surface area (Å²) >= 11 is 1.55. The Morgan fingerprint density at radius 2 is 1.80 bits per heavy atom. The number of benzene rings is 2. The first kappa shape index (κ1) is 18.6. The van der Waals surface area contributed by atoms with E-state index in [9.17, 15) is 9.59 Å². The SMILES string of the molecule is C/C(=C\CCOC(=O)Nc1ccccc1Sc1ccccc1)C(=O)O. The Bertz CT molecular complexity index is 759. The largest absolute Gasteiger partial charge is 0.478 e. The Kier molecular flexibility index (Phi) is 7.10. The Balaban J connectivity index is 1.90. The van der Waals surface area contributed by atoms with E-state index in [2.05, 4.69) is 5.32 Å². The van der Waals surface area contributed by atoms with Crippen LogP contribution >= 0.6 is 11.8 Å². The molecule has 2 aromatic carbocycles. The molecule has 0 aromatic heterocycles. The van der Waals surface area contributed by atoms with Gasteiger partial charge >= 0.3 is 12.1 Å². The van der Waals surface area contributed by atoms with E-state index in [0.29, 0.717) is 12.1 Å². The third-order valence-electron chi connectivity index (χ3n) is 3.23. The summed E-state index contributed by atoms with van der Waals surface area (Å²) in [6, 6.07) is 17.3. The molecule has 2 N–H and O–H groups in total. The summed E-state index contributed by atoms with van der Waals surface area (Å²) in [7, 11) is 0. The van der Waals surface area contributed by atoms with Crippen molar-refractivity contribution in [2.24, 2.45) is 0 Å². The number of hydrogen-bond donors (Lipinski definition) is 2. The van der Waals surface area contributed by atoms with Crippen LogP contribution in [0.4, 0.5) is 10.5 Å². The van der Waals surface area contributed by atoms with Crippen molar-refractivity contribution in [2.75, 3.05) is 11.9 Å². The van der Waals surface area contributed by atoms with Crippen LogP contribution in [0.5, 0.6) is 0 Å². The zero-order chi connectivity index (χ0) is 18.1. The molecule has 0 saturated heterocycles. The van der Waals surface area contributed by atoms with Crippen LogP contribution in [0.2, 0.25) is 0 Å². The Hall–Kier alpha value is -2.73. The van der Waals surface area contributed by atoms with E-state index in [4.69, 9.17) is 9.84 Å². The number of nitrogens with one attached hydrogen (secondary N) is 1. The molecule has 0 aliphatic heterocycles. The Labute approximate surface area is 150 Å². The summed E-state index contributed by atoms with van der Waals surface area (Å²) in [5.41, 5.74) is 0.896. The monoisotopic (exact) mass is 357 g/mol. The van der Waals surface area contributed by atoms with Gasteiger partial charge in [0.05, 0.1) is 12.3 Å². The minimum absolute atomic E-state index is 0.116. The first-order valence-corrected chi connectivity index (χ1v) is 8.53. The summed E-state index contributed by atoms with van der Waals surface area (Å²) in [4.78, 5) is 24.6. The minimum Gasteiger partial charge on any atom is -0.478 e. The average Bonchev–Trinajstić information content (AvgIpc) is 2.61. The standard InChI is InChI=1S/C19H19NO4S/c1-14(18(21)22)8-7-13-24-19(23)20-16-11-5-6-12-17(16)25-15-9-3-2-4-10-15/h2-6,8-12H,7,13H2,1H3,(H,20,23)(H,21,22)/b14-8+. The molecule has 0 fully saturated rings. The third kappa shape index (κ3) is 6.35. The normalized spacial score (nSPS) is 11.0. The lowest BCUT2D eigenvalue weighted by atomic mass is 10.2. The Morgan fingerprint density at radius 1 is 1.12 bits per heavy atom. The fraction of sp³-hybridized carbons (Fsp3) is 0.158. The predicted octanol–water partition coefficient (Wildman–Crippen LogP) is 4.81. The number of carboxylic acid groups (broad SMARTS) is 1. The molecule has 0 radical (unpaired) electrons. The van der Waals surface area contributed by atoms with Crippen LogP contribution in [0, 0.1) is 0 Å². The van der Waals surface area contributed by atoms with Crippen molar-refractivity contribution in [3.05, 3.63) is 66.2 Å². The first-order valence-electron chi connectivity index (χ1n) is 7.72. The van der Waals surface area contributed by atoms with Gasteiger partial charge in [-0.05, 0) is 31.2 Å². The molecule has 0 bridgehead atoms. The van der Waals surface area contributed by atoms with Gasteiger partial charge in [0.25, 0.3) is 0 Å². The van der Waals surface area contributed by atoms with Gasteiger partial charge in [0.1, 0.15) is 0 Å². The summed E-state index contributed by atoms with van der Waals surface area (Å²) in [6.07, 6.45) is 1.31. The quantitative estimate of drug-likeness (QED) is 0.549. The van der Waals surface area contributed by atoms with Crippen LogP contribution in [-0.4, -0.2) is 23.8 Å². The van der Waals surface area contributed by atoms with Gasteiger partial charge in [0.15, 0.2) is 0 Å². The van der Waals surface area contributed by atoms with Gasteiger partial charge in [-0.3, -0.25) is 5.32 Å². The molecule has 0 aliphatic carbocycles. The number of amides is 1. The van der Waals surface area contributed by atoms with E-state index in [1.54, 1.807) is 17.8 Å². The van der Waals surface area contributed by atoms with Crippen LogP contribution in [0.1, 0.15) is 13.3 Å². The van der Waals surface area contributed by atoms with E-state index in [1.165, 1.54) is 13.0 Å². The van der Waals surface area contributed by atoms with E-state index in [1.807, 2.05) is 48.5 Å². The molecule has 1 amide bonds. The summed E-state index contributed by atoms with van der Waals surface area (Å²) in [5, 5.41) is 11.5. The van der Waals surface area contributed by atoms with Crippen molar-refractivity contribution in [3.63, 3.8) is 0 Å². The number of carbonyl (C=O) groups is 2. The zero-order valence-corrected chi connectivity index (χ0v) is 14.6. The second-order valence-electron chi connectivity index (χ2n) is 5.15. The molecule has 0 saturated carbocycles. The highest BCUT2D eigenvalue weighted by atomic mass is 32.2. The maximum Gasteiger partial charge on any atom is 0.411 e. The average molecular weight is 357 g/mol. The second-order valence-corrected chi connectivity index (χ2v) is 6.27. The van der Waals surface area contributed by atoms with Crippen LogP contribution < -0.4 is 5.32 Å². The number of rotatable bonds is 7. The predicted molar refractivity (Wildman–Crippen MR) is 98.0 cm³/mol. The number of ether oxygens (including phenoxy) is 1. The smallest absolute Gasteiger partial charge is 0.411 e. The molecular weight excluding hydrogens is 338 g/mol. The minimum atomic E-state index is -0.976. The molecule has 6 heteroatoms. The lowest BCUT2D eigenvalue weighted by Gasteiger charge is -2.11. The molecule has 2 rings (SSSR count). The molecule has 0 heterocycles. The van der Waals surface area contributed by atoms with Crippen molar-refractivity contribution in [1.29, 1.82) is 0 Å². The lowest BCUT2D eigenvalue weighted by molar-refractivity contribution is -0.132. The van der Waals surface area contributed by atoms with Crippen molar-refractivity contribution in [2.45, 2.75) is 23.1 Å². The van der Waals surface area contributed by atoms with Crippen molar-refractivity contribution >= 4 is 29.5 Å². The second kappa shape index (κ2) is 9.54. The van der Waals surface area contributed by atoms with Crippen LogP contribution in [-0.2, 0) is 9.53 Å². The fourth-order valence-electron chi connectivity index (χ4n) is 1.93. The summed E-state index contributed by atoms with van der Waals surface area (Å²) < 4.78 is 5.08. The van der Waals surface area contributed by atoms with Gasteiger partial charge in [-0.15, -0.1) is 0 Å². The third-order valence-corrected chi connectivity index (χ3v) is 4.32. The van der Waals surface area contributed by atoms with Crippen molar-refractivity contribution in [3.8, 4) is 0 Å². The van der Waals surface area contributed by atoms with E-state index in [0.717, 1.165) is 9.79 Å². The highest BCUT2D eigenvalue weighted by Gasteiger charge is 2.08. The van der Waals surface area contributed by atoms with Gasteiger partial charge in [-0.25, -0.2) is 9.59 Å². The highest BCUT2D eigenvalue weighted by Crippen LogP contribution is 2.33. The first-order chi connectivity index (χ1) is 12.1. The molecule has 2 aromatic rings. The Morgan fingerprint density at radius 3 is 2.52 bits per heavy atom. The van der Waals surface area contributed by atoms with Gasteiger partial charge in [-0.2, -0.15) is 0 Å². The van der Waals surface area contributed by atoms with Crippen LogP contribution in [0.15, 0.2) is 76.0 Å².